The number of hydrogen-bond acceptors (Lipinski definition) is 2. The molecule has 0 saturated carbocycles. The lowest BCUT2D eigenvalue weighted by Crippen LogP contribution is -3.10. The van der Waals surface area contributed by atoms with Crippen molar-refractivity contribution < 1.29 is 14.8 Å². The monoisotopic (exact) mass is 271 g/mol. The summed E-state index contributed by atoms with van der Waals surface area (Å²) in [6, 6.07) is 0. The van der Waals surface area contributed by atoms with Crippen molar-refractivity contribution in [2.75, 3.05) is 19.6 Å². The first-order chi connectivity index (χ1) is 9.10. The Balaban J connectivity index is 0.000000711. The Morgan fingerprint density at radius 2 is 1.74 bits per heavy atom. The highest BCUT2D eigenvalue weighted by Gasteiger charge is 2.23. The Labute approximate surface area is 119 Å². The summed E-state index contributed by atoms with van der Waals surface area (Å²) in [4.78, 5) is 10.8. The lowest BCUT2D eigenvalue weighted by atomic mass is 10.1. The first kappa shape index (κ1) is 18.4. The van der Waals surface area contributed by atoms with E-state index in [4.69, 9.17) is 9.90 Å². The molecule has 0 aromatic rings. The van der Waals surface area contributed by atoms with Crippen LogP contribution in [0.3, 0.4) is 0 Å². The van der Waals surface area contributed by atoms with Crippen LogP contribution in [0, 0.1) is 5.92 Å². The van der Waals surface area contributed by atoms with Gasteiger partial charge >= 0.3 is 0 Å². The molecule has 1 aliphatic rings. The zero-order chi connectivity index (χ0) is 14.5. The van der Waals surface area contributed by atoms with E-state index >= 15 is 0 Å². The van der Waals surface area contributed by atoms with Gasteiger partial charge in [-0.25, -0.2) is 0 Å². The Morgan fingerprint density at radius 3 is 2.26 bits per heavy atom. The van der Waals surface area contributed by atoms with Crippen LogP contribution < -0.4 is 10.0 Å². The fourth-order valence-electron chi connectivity index (χ4n) is 2.75. The predicted octanol–water partition coefficient (Wildman–Crippen LogP) is 1.42. The summed E-state index contributed by atoms with van der Waals surface area (Å²) in [5.74, 6) is -0.0416. The first-order valence-electron chi connectivity index (χ1n) is 8.11. The maximum atomic E-state index is 8.89. The third-order valence-corrected chi connectivity index (χ3v) is 3.94. The fourth-order valence-corrected chi connectivity index (χ4v) is 2.75. The summed E-state index contributed by atoms with van der Waals surface area (Å²) < 4.78 is 0. The molecule has 3 heteroatoms. The van der Waals surface area contributed by atoms with Crippen LogP contribution in [-0.4, -0.2) is 25.6 Å². The van der Waals surface area contributed by atoms with Crippen LogP contribution in [0.1, 0.15) is 72.1 Å². The average molecular weight is 271 g/mol. The number of carbonyl (C=O) groups is 1. The quantitative estimate of drug-likeness (QED) is 0.679. The normalized spacial score (nSPS) is 21.8. The first-order valence-corrected chi connectivity index (χ1v) is 8.11. The molecule has 1 N–H and O–H groups in total. The highest BCUT2D eigenvalue weighted by Crippen LogP contribution is 2.08. The van der Waals surface area contributed by atoms with Gasteiger partial charge in [0, 0.05) is 18.3 Å². The number of carbonyl (C=O) groups excluding carboxylic acids is 1. The Kier molecular flexibility index (Phi) is 12.1. The van der Waals surface area contributed by atoms with Crippen molar-refractivity contribution in [3.05, 3.63) is 0 Å². The van der Waals surface area contributed by atoms with Gasteiger partial charge in [0.25, 0.3) is 0 Å². The average Bonchev–Trinajstić information content (AvgIpc) is 2.81. The highest BCUT2D eigenvalue weighted by atomic mass is 16.4. The summed E-state index contributed by atoms with van der Waals surface area (Å²) in [6.45, 7) is 9.97. The minimum atomic E-state index is -1.08. The molecule has 0 aromatic heterocycles. The Bertz CT molecular complexity index is 215. The molecule has 0 aliphatic carbocycles. The van der Waals surface area contributed by atoms with Crippen LogP contribution in [-0.2, 0) is 4.79 Å². The number of aliphatic carboxylic acids is 1. The van der Waals surface area contributed by atoms with E-state index in [0.717, 1.165) is 12.8 Å². The van der Waals surface area contributed by atoms with Gasteiger partial charge in [-0.15, -0.1) is 0 Å². The number of carboxylic acid groups (broad SMARTS) is 1. The number of hydrogen-bond donors (Lipinski definition) is 1. The number of unbranched alkanes of at least 4 members (excludes halogenated alkanes) is 5. The van der Waals surface area contributed by atoms with Crippen molar-refractivity contribution in [3.63, 3.8) is 0 Å². The number of rotatable bonds is 8. The number of carboxylic acids is 1. The molecule has 19 heavy (non-hydrogen) atoms. The lowest BCUT2D eigenvalue weighted by molar-refractivity contribution is -0.889. The fraction of sp³-hybridized carbons (Fsp3) is 0.938. The molecule has 2 unspecified atom stereocenters. The van der Waals surface area contributed by atoms with Crippen molar-refractivity contribution in [3.8, 4) is 0 Å². The van der Waals surface area contributed by atoms with Crippen molar-refractivity contribution in [2.45, 2.75) is 72.1 Å². The molecule has 1 fully saturated rings. The predicted molar refractivity (Wildman–Crippen MR) is 78.0 cm³/mol. The molecule has 2 atom stereocenters. The number of likely N-dealkylation sites (tertiary alicyclic amines) is 1. The zero-order valence-corrected chi connectivity index (χ0v) is 13.2. The van der Waals surface area contributed by atoms with Crippen molar-refractivity contribution >= 4 is 5.97 Å². The maximum Gasteiger partial charge on any atom is 0.0801 e. The molecule has 0 spiro atoms. The number of quaternary nitrogens is 1. The van der Waals surface area contributed by atoms with E-state index in [-0.39, 0.29) is 0 Å². The minimum absolute atomic E-state index is 0.972. The van der Waals surface area contributed by atoms with Crippen molar-refractivity contribution in [2.24, 2.45) is 5.92 Å². The van der Waals surface area contributed by atoms with Gasteiger partial charge in [0.1, 0.15) is 0 Å². The number of nitrogens with one attached hydrogen (secondary N) is 1. The molecule has 3 nitrogen and oxygen atoms in total. The third kappa shape index (κ3) is 12.2. The SMILES string of the molecule is CC(=O)[O-].CCCCCCCC[NH+]1CCC(CC)C1. The lowest BCUT2D eigenvalue weighted by Gasteiger charge is -2.12. The topological polar surface area (TPSA) is 44.6 Å². The van der Waals surface area contributed by atoms with Gasteiger partial charge in [-0.3, -0.25) is 0 Å². The molecular weight excluding hydrogens is 238 g/mol. The Hall–Kier alpha value is -0.570. The molecule has 1 rings (SSSR count). The summed E-state index contributed by atoms with van der Waals surface area (Å²) >= 11 is 0. The van der Waals surface area contributed by atoms with Gasteiger partial charge in [0.05, 0.1) is 19.6 Å². The molecule has 1 heterocycles. The zero-order valence-electron chi connectivity index (χ0n) is 13.2. The summed E-state index contributed by atoms with van der Waals surface area (Å²) in [6.07, 6.45) is 11.6. The van der Waals surface area contributed by atoms with E-state index in [2.05, 4.69) is 13.8 Å². The van der Waals surface area contributed by atoms with Gasteiger partial charge in [0.15, 0.2) is 0 Å². The van der Waals surface area contributed by atoms with Crippen molar-refractivity contribution in [1.29, 1.82) is 0 Å². The molecule has 114 valence electrons. The van der Waals surface area contributed by atoms with E-state index in [0.29, 0.717) is 0 Å². The largest absolute Gasteiger partial charge is 0.550 e. The van der Waals surface area contributed by atoms with Gasteiger partial charge in [-0.2, -0.15) is 0 Å². The van der Waals surface area contributed by atoms with E-state index in [1.54, 1.807) is 0 Å². The van der Waals surface area contributed by atoms with Crippen LogP contribution >= 0.6 is 0 Å². The van der Waals surface area contributed by atoms with Crippen LogP contribution in [0.25, 0.3) is 0 Å². The molecular formula is C16H33NO2. The summed E-state index contributed by atoms with van der Waals surface area (Å²) in [5, 5.41) is 8.89. The second-order valence-corrected chi connectivity index (χ2v) is 5.78. The standard InChI is InChI=1S/C14H29N.C2H4O2/c1-3-5-6-7-8-9-11-15-12-10-14(4-2)13-15;1-2(3)4/h14H,3-13H2,1-2H3;1H3,(H,3,4). The summed E-state index contributed by atoms with van der Waals surface area (Å²) in [7, 11) is 0. The van der Waals surface area contributed by atoms with E-state index < -0.39 is 5.97 Å². The van der Waals surface area contributed by atoms with Crippen molar-refractivity contribution in [1.82, 2.24) is 0 Å². The summed E-state index contributed by atoms with van der Waals surface area (Å²) in [5.41, 5.74) is 0. The van der Waals surface area contributed by atoms with Crippen LogP contribution in [0.2, 0.25) is 0 Å². The van der Waals surface area contributed by atoms with Gasteiger partial charge in [0.2, 0.25) is 0 Å². The van der Waals surface area contributed by atoms with Crippen LogP contribution in [0.4, 0.5) is 0 Å². The second-order valence-electron chi connectivity index (χ2n) is 5.78. The molecule has 0 bridgehead atoms. The van der Waals surface area contributed by atoms with Gasteiger partial charge in [-0.1, -0.05) is 39.5 Å². The Morgan fingerprint density at radius 1 is 1.16 bits per heavy atom. The van der Waals surface area contributed by atoms with Gasteiger partial charge in [-0.05, 0) is 26.2 Å². The highest BCUT2D eigenvalue weighted by molar-refractivity contribution is 5.60. The second kappa shape index (κ2) is 12.5. The molecule has 1 saturated heterocycles. The van der Waals surface area contributed by atoms with Crippen LogP contribution in [0.5, 0.6) is 0 Å². The van der Waals surface area contributed by atoms with E-state index in [1.165, 1.54) is 71.0 Å². The van der Waals surface area contributed by atoms with E-state index in [9.17, 15) is 0 Å². The molecule has 0 amide bonds. The molecule has 0 radical (unpaired) electrons. The maximum absolute atomic E-state index is 8.89. The van der Waals surface area contributed by atoms with E-state index in [1.807, 2.05) is 4.90 Å². The van der Waals surface area contributed by atoms with Crippen LogP contribution in [0.15, 0.2) is 0 Å². The molecule has 1 aliphatic heterocycles. The molecule has 0 aromatic carbocycles. The minimum Gasteiger partial charge on any atom is -0.550 e. The smallest absolute Gasteiger partial charge is 0.0801 e. The third-order valence-electron chi connectivity index (χ3n) is 3.94. The van der Waals surface area contributed by atoms with Gasteiger partial charge < -0.3 is 14.8 Å².